The molecule has 1 aromatic rings. The van der Waals surface area contributed by atoms with Gasteiger partial charge in [-0.05, 0) is 19.3 Å². The Hall–Kier alpha value is -1.14. The van der Waals surface area contributed by atoms with E-state index in [0.717, 1.165) is 18.2 Å². The summed E-state index contributed by atoms with van der Waals surface area (Å²) in [4.78, 5) is 17.2. The molecule has 16 heavy (non-hydrogen) atoms. The third kappa shape index (κ3) is 2.33. The van der Waals surface area contributed by atoms with Gasteiger partial charge in [-0.15, -0.1) is 11.3 Å². The van der Waals surface area contributed by atoms with Crippen molar-refractivity contribution in [3.05, 3.63) is 11.1 Å². The summed E-state index contributed by atoms with van der Waals surface area (Å²) < 4.78 is 0. The Morgan fingerprint density at radius 2 is 2.19 bits per heavy atom. The molecule has 3 N–H and O–H groups in total. The number of thiazole rings is 1. The fraction of sp³-hybridized carbons (Fsp3) is 0.600. The summed E-state index contributed by atoms with van der Waals surface area (Å²) in [5, 5.41) is 11.4. The van der Waals surface area contributed by atoms with Crippen molar-refractivity contribution in [1.82, 2.24) is 4.98 Å². The number of aliphatic carboxylic acids is 1. The molecule has 0 spiro atoms. The van der Waals surface area contributed by atoms with Crippen molar-refractivity contribution in [3.8, 4) is 0 Å². The standard InChI is InChI=1S/C10H15N3O2S/c11-8(9(14)15)7-6-16-10(12-7)13-4-2-1-3-5-13/h6,8H,1-5,11H2,(H,14,15). The van der Waals surface area contributed by atoms with Crippen LogP contribution < -0.4 is 10.6 Å². The zero-order valence-corrected chi connectivity index (χ0v) is 9.74. The van der Waals surface area contributed by atoms with Gasteiger partial charge in [0, 0.05) is 18.5 Å². The smallest absolute Gasteiger partial charge is 0.326 e. The number of anilines is 1. The molecule has 6 heteroatoms. The lowest BCUT2D eigenvalue weighted by Gasteiger charge is -2.25. The minimum absolute atomic E-state index is 0.457. The van der Waals surface area contributed by atoms with Crippen LogP contribution in [0.5, 0.6) is 0 Å². The highest BCUT2D eigenvalue weighted by Gasteiger charge is 2.20. The van der Waals surface area contributed by atoms with Crippen molar-refractivity contribution < 1.29 is 9.90 Å². The van der Waals surface area contributed by atoms with E-state index >= 15 is 0 Å². The number of carboxylic acid groups (broad SMARTS) is 1. The monoisotopic (exact) mass is 241 g/mol. The molecule has 1 fully saturated rings. The molecule has 88 valence electrons. The lowest BCUT2D eigenvalue weighted by atomic mass is 10.1. The maximum Gasteiger partial charge on any atom is 0.326 e. The molecule has 1 aliphatic rings. The number of carboxylic acids is 1. The third-order valence-corrected chi connectivity index (χ3v) is 3.64. The highest BCUT2D eigenvalue weighted by atomic mass is 32.1. The van der Waals surface area contributed by atoms with Crippen LogP contribution in [0, 0.1) is 0 Å². The minimum Gasteiger partial charge on any atom is -0.480 e. The average Bonchev–Trinajstić information content (AvgIpc) is 2.78. The van der Waals surface area contributed by atoms with E-state index in [0.29, 0.717) is 5.69 Å². The predicted molar refractivity (Wildman–Crippen MR) is 62.7 cm³/mol. The molecular formula is C10H15N3O2S. The van der Waals surface area contributed by atoms with Gasteiger partial charge in [-0.2, -0.15) is 0 Å². The number of piperidine rings is 1. The number of nitrogens with zero attached hydrogens (tertiary/aromatic N) is 2. The number of hydrogen-bond donors (Lipinski definition) is 2. The van der Waals surface area contributed by atoms with E-state index < -0.39 is 12.0 Å². The SMILES string of the molecule is NC(C(=O)O)c1csc(N2CCCCC2)n1. The van der Waals surface area contributed by atoms with Crippen LogP contribution in [0.2, 0.25) is 0 Å². The van der Waals surface area contributed by atoms with Crippen molar-refractivity contribution >= 4 is 22.4 Å². The summed E-state index contributed by atoms with van der Waals surface area (Å²) in [5.41, 5.74) is 5.96. The Morgan fingerprint density at radius 1 is 1.50 bits per heavy atom. The van der Waals surface area contributed by atoms with Gasteiger partial charge in [-0.1, -0.05) is 0 Å². The maximum absolute atomic E-state index is 10.7. The second-order valence-corrected chi connectivity index (χ2v) is 4.76. The molecule has 0 radical (unpaired) electrons. The molecule has 0 amide bonds. The molecule has 1 aromatic heterocycles. The number of nitrogens with two attached hydrogens (primary N) is 1. The van der Waals surface area contributed by atoms with Crippen molar-refractivity contribution in [3.63, 3.8) is 0 Å². The van der Waals surface area contributed by atoms with Gasteiger partial charge >= 0.3 is 5.97 Å². The molecule has 0 aromatic carbocycles. The van der Waals surface area contributed by atoms with Gasteiger partial charge in [0.2, 0.25) is 0 Å². The van der Waals surface area contributed by atoms with Crippen LogP contribution in [0.25, 0.3) is 0 Å². The first-order valence-electron chi connectivity index (χ1n) is 5.37. The zero-order valence-electron chi connectivity index (χ0n) is 8.93. The summed E-state index contributed by atoms with van der Waals surface area (Å²) in [5.74, 6) is -1.03. The lowest BCUT2D eigenvalue weighted by Crippen LogP contribution is -2.29. The van der Waals surface area contributed by atoms with E-state index in [4.69, 9.17) is 10.8 Å². The van der Waals surface area contributed by atoms with Gasteiger partial charge in [-0.25, -0.2) is 4.98 Å². The van der Waals surface area contributed by atoms with Crippen LogP contribution in [0.3, 0.4) is 0 Å². The Kier molecular flexibility index (Phi) is 3.40. The van der Waals surface area contributed by atoms with Crippen LogP contribution in [0.1, 0.15) is 31.0 Å². The van der Waals surface area contributed by atoms with Crippen LogP contribution in [0.4, 0.5) is 5.13 Å². The molecule has 1 atom stereocenters. The average molecular weight is 241 g/mol. The van der Waals surface area contributed by atoms with Crippen LogP contribution in [-0.2, 0) is 4.79 Å². The number of carbonyl (C=O) groups is 1. The van der Waals surface area contributed by atoms with E-state index in [9.17, 15) is 4.79 Å². The number of rotatable bonds is 3. The molecule has 2 heterocycles. The van der Waals surface area contributed by atoms with E-state index in [1.165, 1.54) is 30.6 Å². The summed E-state index contributed by atoms with van der Waals surface area (Å²) in [6.07, 6.45) is 3.63. The highest BCUT2D eigenvalue weighted by molar-refractivity contribution is 7.13. The number of hydrogen-bond acceptors (Lipinski definition) is 5. The highest BCUT2D eigenvalue weighted by Crippen LogP contribution is 2.25. The molecule has 0 saturated carbocycles. The first-order valence-corrected chi connectivity index (χ1v) is 6.25. The lowest BCUT2D eigenvalue weighted by molar-refractivity contribution is -0.138. The van der Waals surface area contributed by atoms with Crippen molar-refractivity contribution in [2.24, 2.45) is 5.73 Å². The fourth-order valence-electron chi connectivity index (χ4n) is 1.78. The quantitative estimate of drug-likeness (QED) is 0.831. The van der Waals surface area contributed by atoms with Gasteiger partial charge in [0.05, 0.1) is 5.69 Å². The van der Waals surface area contributed by atoms with E-state index in [2.05, 4.69) is 9.88 Å². The third-order valence-electron chi connectivity index (χ3n) is 2.72. The summed E-state index contributed by atoms with van der Waals surface area (Å²) in [6.45, 7) is 2.02. The summed E-state index contributed by atoms with van der Waals surface area (Å²) in [6, 6.07) is -1.00. The van der Waals surface area contributed by atoms with Crippen LogP contribution in [-0.4, -0.2) is 29.1 Å². The zero-order chi connectivity index (χ0) is 11.5. The Balaban J connectivity index is 2.09. The van der Waals surface area contributed by atoms with E-state index in [-0.39, 0.29) is 0 Å². The number of aromatic nitrogens is 1. The second kappa shape index (κ2) is 4.80. The van der Waals surface area contributed by atoms with E-state index in [1.807, 2.05) is 0 Å². The largest absolute Gasteiger partial charge is 0.480 e. The van der Waals surface area contributed by atoms with Gasteiger partial charge in [-0.3, -0.25) is 4.79 Å². The molecule has 1 saturated heterocycles. The molecule has 1 aliphatic heterocycles. The second-order valence-electron chi connectivity index (χ2n) is 3.92. The predicted octanol–water partition coefficient (Wildman–Crippen LogP) is 1.22. The Morgan fingerprint density at radius 3 is 2.81 bits per heavy atom. The molecule has 0 aliphatic carbocycles. The topological polar surface area (TPSA) is 79.5 Å². The maximum atomic E-state index is 10.7. The minimum atomic E-state index is -1.03. The first kappa shape index (κ1) is 11.3. The van der Waals surface area contributed by atoms with Crippen LogP contribution in [0.15, 0.2) is 5.38 Å². The molecule has 5 nitrogen and oxygen atoms in total. The molecule has 0 bridgehead atoms. The first-order chi connectivity index (χ1) is 7.68. The van der Waals surface area contributed by atoms with Gasteiger partial charge in [0.15, 0.2) is 5.13 Å². The van der Waals surface area contributed by atoms with Crippen molar-refractivity contribution in [1.29, 1.82) is 0 Å². The summed E-state index contributed by atoms with van der Waals surface area (Å²) in [7, 11) is 0. The summed E-state index contributed by atoms with van der Waals surface area (Å²) >= 11 is 1.47. The van der Waals surface area contributed by atoms with Gasteiger partial charge in [0.25, 0.3) is 0 Å². The molecular weight excluding hydrogens is 226 g/mol. The van der Waals surface area contributed by atoms with Gasteiger partial charge < -0.3 is 15.7 Å². The normalized spacial score (nSPS) is 18.4. The Labute approximate surface area is 97.9 Å². The van der Waals surface area contributed by atoms with Crippen LogP contribution >= 0.6 is 11.3 Å². The molecule has 1 unspecified atom stereocenters. The van der Waals surface area contributed by atoms with Gasteiger partial charge in [0.1, 0.15) is 6.04 Å². The Bertz CT molecular complexity index is 374. The fourth-order valence-corrected chi connectivity index (χ4v) is 2.69. The van der Waals surface area contributed by atoms with E-state index in [1.54, 1.807) is 5.38 Å². The van der Waals surface area contributed by atoms with Crippen molar-refractivity contribution in [2.45, 2.75) is 25.3 Å². The molecule has 2 rings (SSSR count). The van der Waals surface area contributed by atoms with Crippen molar-refractivity contribution in [2.75, 3.05) is 18.0 Å².